The molecule has 112 valence electrons. The van der Waals surface area contributed by atoms with Crippen LogP contribution in [0.25, 0.3) is 11.5 Å². The van der Waals surface area contributed by atoms with Crippen LogP contribution in [0.1, 0.15) is 17.2 Å². The van der Waals surface area contributed by atoms with Crippen molar-refractivity contribution in [2.75, 3.05) is 6.54 Å². The summed E-state index contributed by atoms with van der Waals surface area (Å²) in [5, 5.41) is 0. The third-order valence-electron chi connectivity index (χ3n) is 4.05. The molecular weight excluding hydrogens is 276 g/mol. The molecule has 1 aliphatic heterocycles. The van der Waals surface area contributed by atoms with Gasteiger partial charge in [0.15, 0.2) is 5.76 Å². The Morgan fingerprint density at radius 3 is 2.95 bits per heavy atom. The van der Waals surface area contributed by atoms with Crippen molar-refractivity contribution in [3.63, 3.8) is 0 Å². The average Bonchev–Trinajstić information content (AvgIpc) is 3.15. The van der Waals surface area contributed by atoms with E-state index >= 15 is 0 Å². The molecule has 22 heavy (non-hydrogen) atoms. The molecule has 0 amide bonds. The first kappa shape index (κ1) is 13.3. The van der Waals surface area contributed by atoms with E-state index in [4.69, 9.17) is 4.42 Å². The molecule has 0 radical (unpaired) electrons. The zero-order chi connectivity index (χ0) is 14.9. The summed E-state index contributed by atoms with van der Waals surface area (Å²) in [7, 11) is 0. The summed E-state index contributed by atoms with van der Waals surface area (Å²) >= 11 is 0. The van der Waals surface area contributed by atoms with E-state index in [1.807, 2.05) is 31.3 Å². The maximum atomic E-state index is 5.50. The average molecular weight is 294 g/mol. The molecule has 0 fully saturated rings. The molecule has 0 atom stereocenters. The van der Waals surface area contributed by atoms with Gasteiger partial charge in [0.1, 0.15) is 11.5 Å². The van der Waals surface area contributed by atoms with Gasteiger partial charge in [-0.1, -0.05) is 6.07 Å². The molecule has 3 aromatic heterocycles. The van der Waals surface area contributed by atoms with Crippen molar-refractivity contribution < 1.29 is 4.42 Å². The number of aryl methyl sites for hydroxylation is 1. The van der Waals surface area contributed by atoms with Crippen molar-refractivity contribution in [3.05, 3.63) is 60.0 Å². The van der Waals surface area contributed by atoms with Crippen LogP contribution in [-0.4, -0.2) is 26.0 Å². The van der Waals surface area contributed by atoms with E-state index in [9.17, 15) is 0 Å². The summed E-state index contributed by atoms with van der Waals surface area (Å²) in [4.78, 5) is 11.5. The highest BCUT2D eigenvalue weighted by Crippen LogP contribution is 2.24. The molecule has 0 saturated carbocycles. The second-order valence-electron chi connectivity index (χ2n) is 5.67. The van der Waals surface area contributed by atoms with E-state index in [0.29, 0.717) is 0 Å². The molecule has 0 spiro atoms. The lowest BCUT2D eigenvalue weighted by Crippen LogP contribution is -2.33. The Labute approximate surface area is 129 Å². The summed E-state index contributed by atoms with van der Waals surface area (Å²) < 4.78 is 7.74. The van der Waals surface area contributed by atoms with Gasteiger partial charge < -0.3 is 8.98 Å². The highest BCUT2D eigenvalue weighted by atomic mass is 16.3. The second-order valence-corrected chi connectivity index (χ2v) is 5.67. The van der Waals surface area contributed by atoms with Gasteiger partial charge in [-0.05, 0) is 31.2 Å². The van der Waals surface area contributed by atoms with Crippen molar-refractivity contribution >= 4 is 0 Å². The Bertz CT molecular complexity index is 776. The Morgan fingerprint density at radius 2 is 2.14 bits per heavy atom. The van der Waals surface area contributed by atoms with Gasteiger partial charge in [0.25, 0.3) is 0 Å². The van der Waals surface area contributed by atoms with Crippen molar-refractivity contribution in [1.29, 1.82) is 0 Å². The molecule has 5 heteroatoms. The lowest BCUT2D eigenvalue weighted by Gasteiger charge is -2.28. The van der Waals surface area contributed by atoms with Gasteiger partial charge in [-0.2, -0.15) is 0 Å². The highest BCUT2D eigenvalue weighted by Gasteiger charge is 2.21. The van der Waals surface area contributed by atoms with Gasteiger partial charge >= 0.3 is 0 Å². The largest absolute Gasteiger partial charge is 0.463 e. The third-order valence-corrected chi connectivity index (χ3v) is 4.05. The number of imidazole rings is 1. The molecule has 0 saturated heterocycles. The fourth-order valence-electron chi connectivity index (χ4n) is 2.98. The molecule has 4 rings (SSSR count). The van der Waals surface area contributed by atoms with Gasteiger partial charge in [0, 0.05) is 25.3 Å². The molecule has 1 aliphatic rings. The van der Waals surface area contributed by atoms with Crippen LogP contribution in [0.3, 0.4) is 0 Å². The number of hydrogen-bond acceptors (Lipinski definition) is 4. The highest BCUT2D eigenvalue weighted by molar-refractivity contribution is 5.52. The summed E-state index contributed by atoms with van der Waals surface area (Å²) in [6.07, 6.45) is 3.61. The molecule has 0 unspecified atom stereocenters. The Kier molecular flexibility index (Phi) is 3.27. The lowest BCUT2D eigenvalue weighted by molar-refractivity contribution is 0.207. The SMILES string of the molecule is Cc1cccc(CN2CCn3c(-c4ccco4)cnc3C2)n1. The van der Waals surface area contributed by atoms with Gasteiger partial charge in [-0.25, -0.2) is 4.98 Å². The van der Waals surface area contributed by atoms with Crippen LogP contribution in [-0.2, 0) is 19.6 Å². The number of rotatable bonds is 3. The second kappa shape index (κ2) is 5.42. The third kappa shape index (κ3) is 2.44. The normalized spacial score (nSPS) is 15.0. The van der Waals surface area contributed by atoms with Crippen LogP contribution in [0.2, 0.25) is 0 Å². The molecule has 0 aliphatic carbocycles. The van der Waals surface area contributed by atoms with Crippen LogP contribution in [0.4, 0.5) is 0 Å². The van der Waals surface area contributed by atoms with E-state index in [1.54, 1.807) is 6.26 Å². The van der Waals surface area contributed by atoms with Crippen molar-refractivity contribution in [1.82, 2.24) is 19.4 Å². The van der Waals surface area contributed by atoms with Crippen LogP contribution < -0.4 is 0 Å². The Balaban J connectivity index is 1.53. The molecule has 0 aromatic carbocycles. The quantitative estimate of drug-likeness (QED) is 0.745. The first-order valence-electron chi connectivity index (χ1n) is 7.53. The molecule has 3 aromatic rings. The van der Waals surface area contributed by atoms with E-state index in [2.05, 4.69) is 31.6 Å². The summed E-state index contributed by atoms with van der Waals surface area (Å²) in [6.45, 7) is 5.66. The number of furan rings is 1. The summed E-state index contributed by atoms with van der Waals surface area (Å²) in [5.41, 5.74) is 3.25. The summed E-state index contributed by atoms with van der Waals surface area (Å²) in [5.74, 6) is 1.97. The predicted molar refractivity (Wildman–Crippen MR) is 83.0 cm³/mol. The molecular formula is C17H18N4O. The minimum Gasteiger partial charge on any atom is -0.463 e. The zero-order valence-electron chi connectivity index (χ0n) is 12.6. The number of hydrogen-bond donors (Lipinski definition) is 0. The first-order valence-corrected chi connectivity index (χ1v) is 7.53. The number of aromatic nitrogens is 3. The predicted octanol–water partition coefficient (Wildman–Crippen LogP) is 2.86. The summed E-state index contributed by atoms with van der Waals surface area (Å²) in [6, 6.07) is 10.1. The maximum absolute atomic E-state index is 5.50. The minimum atomic E-state index is 0.844. The van der Waals surface area contributed by atoms with Crippen LogP contribution >= 0.6 is 0 Å². The van der Waals surface area contributed by atoms with Crippen LogP contribution in [0.15, 0.2) is 47.2 Å². The number of fused-ring (bicyclic) bond motifs is 1. The van der Waals surface area contributed by atoms with Crippen molar-refractivity contribution in [3.8, 4) is 11.5 Å². The van der Waals surface area contributed by atoms with E-state index < -0.39 is 0 Å². The maximum Gasteiger partial charge on any atom is 0.151 e. The van der Waals surface area contributed by atoms with Crippen molar-refractivity contribution in [2.24, 2.45) is 0 Å². The standard InChI is InChI=1S/C17H18N4O/c1-13-4-2-5-14(19-13)11-20-7-8-21-15(10-18-17(21)12-20)16-6-3-9-22-16/h2-6,9-10H,7-8,11-12H2,1H3. The van der Waals surface area contributed by atoms with E-state index in [1.165, 1.54) is 0 Å². The molecule has 5 nitrogen and oxygen atoms in total. The molecule has 0 N–H and O–H groups in total. The smallest absolute Gasteiger partial charge is 0.151 e. The van der Waals surface area contributed by atoms with Crippen LogP contribution in [0, 0.1) is 6.92 Å². The minimum absolute atomic E-state index is 0.844. The number of pyridine rings is 1. The zero-order valence-corrected chi connectivity index (χ0v) is 12.6. The van der Waals surface area contributed by atoms with E-state index in [-0.39, 0.29) is 0 Å². The van der Waals surface area contributed by atoms with E-state index in [0.717, 1.165) is 54.8 Å². The first-order chi connectivity index (χ1) is 10.8. The number of nitrogens with zero attached hydrogens (tertiary/aromatic N) is 4. The van der Waals surface area contributed by atoms with Gasteiger partial charge in [-0.3, -0.25) is 9.88 Å². The lowest BCUT2D eigenvalue weighted by atomic mass is 10.2. The topological polar surface area (TPSA) is 47.1 Å². The molecule has 0 bridgehead atoms. The fourth-order valence-corrected chi connectivity index (χ4v) is 2.98. The monoisotopic (exact) mass is 294 g/mol. The Morgan fingerprint density at radius 1 is 1.18 bits per heavy atom. The fraction of sp³-hybridized carbons (Fsp3) is 0.294. The van der Waals surface area contributed by atoms with Gasteiger partial charge in [0.2, 0.25) is 0 Å². The van der Waals surface area contributed by atoms with Crippen LogP contribution in [0.5, 0.6) is 0 Å². The van der Waals surface area contributed by atoms with Gasteiger partial charge in [-0.15, -0.1) is 0 Å². The van der Waals surface area contributed by atoms with Gasteiger partial charge in [0.05, 0.1) is 24.7 Å². The molecule has 4 heterocycles. The van der Waals surface area contributed by atoms with Crippen molar-refractivity contribution in [2.45, 2.75) is 26.6 Å². The Hall–Kier alpha value is -2.40.